The van der Waals surface area contributed by atoms with Crippen molar-refractivity contribution in [2.75, 3.05) is 6.73 Å². The van der Waals surface area contributed by atoms with Crippen LogP contribution in [0.25, 0.3) is 6.08 Å². The second-order valence-electron chi connectivity index (χ2n) is 2.64. The number of hydrogen-bond donors (Lipinski definition) is 2. The highest BCUT2D eigenvalue weighted by atomic mass is 16.3. The summed E-state index contributed by atoms with van der Waals surface area (Å²) in [4.78, 5) is 25.7. The van der Waals surface area contributed by atoms with Gasteiger partial charge in [0.2, 0.25) is 0 Å². The summed E-state index contributed by atoms with van der Waals surface area (Å²) in [5, 5.41) is 10.6. The van der Waals surface area contributed by atoms with Crippen LogP contribution in [0, 0.1) is 0 Å². The molecule has 0 spiro atoms. The molecule has 5 nitrogen and oxygen atoms in total. The van der Waals surface area contributed by atoms with Gasteiger partial charge in [-0.15, -0.1) is 0 Å². The lowest BCUT2D eigenvalue weighted by Crippen LogP contribution is -2.26. The Bertz CT molecular complexity index is 374. The zero-order chi connectivity index (χ0) is 11.1. The van der Waals surface area contributed by atoms with E-state index < -0.39 is 12.6 Å². The Morgan fingerprint density at radius 1 is 1.53 bits per heavy atom. The van der Waals surface area contributed by atoms with Crippen LogP contribution in [0.4, 0.5) is 0 Å². The van der Waals surface area contributed by atoms with Crippen molar-refractivity contribution in [1.82, 2.24) is 10.3 Å². The summed E-state index contributed by atoms with van der Waals surface area (Å²) in [5.74, 6) is -0.627. The van der Waals surface area contributed by atoms with E-state index in [4.69, 9.17) is 5.11 Å². The minimum Gasteiger partial charge on any atom is -0.376 e. The summed E-state index contributed by atoms with van der Waals surface area (Å²) in [5.41, 5.74) is 0.426. The van der Waals surface area contributed by atoms with E-state index >= 15 is 0 Å². The van der Waals surface area contributed by atoms with E-state index in [9.17, 15) is 9.59 Å². The lowest BCUT2D eigenvalue weighted by Gasteiger charge is -1.99. The molecule has 1 heterocycles. The lowest BCUT2D eigenvalue weighted by molar-refractivity contribution is -0.120. The highest BCUT2D eigenvalue weighted by molar-refractivity contribution is 6.14. The van der Waals surface area contributed by atoms with Crippen molar-refractivity contribution in [2.24, 2.45) is 0 Å². The fourth-order valence-corrected chi connectivity index (χ4v) is 0.948. The average Bonchev–Trinajstić information content (AvgIpc) is 2.27. The third-order valence-corrected chi connectivity index (χ3v) is 1.62. The van der Waals surface area contributed by atoms with Gasteiger partial charge in [0, 0.05) is 6.20 Å². The SMILES string of the molecule is O=C/C(=C\c1ccccn1)C(=O)NCO. The molecule has 1 rings (SSSR count). The zero-order valence-corrected chi connectivity index (χ0v) is 7.88. The minimum absolute atomic E-state index is 0.0808. The number of carbonyl (C=O) groups is 2. The van der Waals surface area contributed by atoms with Crippen LogP contribution in [-0.2, 0) is 9.59 Å². The Morgan fingerprint density at radius 3 is 2.87 bits per heavy atom. The van der Waals surface area contributed by atoms with Crippen molar-refractivity contribution < 1.29 is 14.7 Å². The monoisotopic (exact) mass is 206 g/mol. The van der Waals surface area contributed by atoms with Crippen molar-refractivity contribution >= 4 is 18.3 Å². The molecule has 78 valence electrons. The molecule has 0 fully saturated rings. The summed E-state index contributed by atoms with van der Waals surface area (Å²) in [6, 6.07) is 5.13. The van der Waals surface area contributed by atoms with E-state index in [1.165, 1.54) is 6.08 Å². The van der Waals surface area contributed by atoms with E-state index in [0.29, 0.717) is 12.0 Å². The highest BCUT2D eigenvalue weighted by Gasteiger charge is 2.06. The summed E-state index contributed by atoms with van der Waals surface area (Å²) < 4.78 is 0. The van der Waals surface area contributed by atoms with Gasteiger partial charge in [0.05, 0.1) is 11.3 Å². The second-order valence-corrected chi connectivity index (χ2v) is 2.64. The molecular formula is C10H10N2O3. The minimum atomic E-state index is -0.627. The fourth-order valence-electron chi connectivity index (χ4n) is 0.948. The first-order valence-electron chi connectivity index (χ1n) is 4.25. The summed E-state index contributed by atoms with van der Waals surface area (Å²) in [6.45, 7) is -0.508. The summed E-state index contributed by atoms with van der Waals surface area (Å²) in [7, 11) is 0. The van der Waals surface area contributed by atoms with Gasteiger partial charge in [-0.1, -0.05) is 6.07 Å². The molecule has 0 saturated carbocycles. The van der Waals surface area contributed by atoms with Crippen LogP contribution in [0.2, 0.25) is 0 Å². The van der Waals surface area contributed by atoms with E-state index in [0.717, 1.165) is 0 Å². The van der Waals surface area contributed by atoms with Gasteiger partial charge in [-0.2, -0.15) is 0 Å². The number of nitrogens with one attached hydrogen (secondary N) is 1. The van der Waals surface area contributed by atoms with Crippen molar-refractivity contribution in [3.8, 4) is 0 Å². The molecular weight excluding hydrogens is 196 g/mol. The van der Waals surface area contributed by atoms with Crippen LogP contribution in [0.1, 0.15) is 5.69 Å². The standard InChI is InChI=1S/C10H10N2O3/c13-6-8(10(15)12-7-14)5-9-3-1-2-4-11-9/h1-6,14H,7H2,(H,12,15)/b8-5+. The molecule has 2 N–H and O–H groups in total. The molecule has 0 atom stereocenters. The molecule has 1 aromatic rings. The Kier molecular flexibility index (Phi) is 4.18. The predicted molar refractivity (Wildman–Crippen MR) is 53.5 cm³/mol. The number of amides is 1. The normalized spacial score (nSPS) is 10.9. The van der Waals surface area contributed by atoms with Gasteiger partial charge in [-0.3, -0.25) is 14.6 Å². The quantitative estimate of drug-likeness (QED) is 0.234. The molecule has 1 amide bonds. The van der Waals surface area contributed by atoms with Gasteiger partial charge < -0.3 is 10.4 Å². The summed E-state index contributed by atoms with van der Waals surface area (Å²) in [6.07, 6.45) is 3.32. The van der Waals surface area contributed by atoms with E-state index in [1.807, 2.05) is 0 Å². The summed E-state index contributed by atoms with van der Waals surface area (Å²) >= 11 is 0. The van der Waals surface area contributed by atoms with Crippen LogP contribution >= 0.6 is 0 Å². The molecule has 0 bridgehead atoms. The van der Waals surface area contributed by atoms with Crippen LogP contribution in [0.5, 0.6) is 0 Å². The number of hydrogen-bond acceptors (Lipinski definition) is 4. The maximum Gasteiger partial charge on any atom is 0.256 e. The fraction of sp³-hybridized carbons (Fsp3) is 0.100. The van der Waals surface area contributed by atoms with Gasteiger partial charge in [-0.05, 0) is 18.2 Å². The lowest BCUT2D eigenvalue weighted by atomic mass is 10.2. The Labute approximate surface area is 86.5 Å². The Balaban J connectivity index is 2.87. The number of aromatic nitrogens is 1. The second kappa shape index (κ2) is 5.66. The number of aldehydes is 1. The van der Waals surface area contributed by atoms with E-state index in [-0.39, 0.29) is 5.57 Å². The van der Waals surface area contributed by atoms with E-state index in [1.54, 1.807) is 24.4 Å². The Hall–Kier alpha value is -2.01. The van der Waals surface area contributed by atoms with Gasteiger partial charge in [0.15, 0.2) is 6.29 Å². The van der Waals surface area contributed by atoms with Gasteiger partial charge in [0.1, 0.15) is 6.73 Å². The molecule has 0 saturated heterocycles. The number of pyridine rings is 1. The number of nitrogens with zero attached hydrogens (tertiary/aromatic N) is 1. The topological polar surface area (TPSA) is 79.3 Å². The Morgan fingerprint density at radius 2 is 2.33 bits per heavy atom. The molecule has 0 radical (unpaired) electrons. The maximum atomic E-state index is 11.2. The predicted octanol–water partition coefficient (Wildman–Crippen LogP) is -0.270. The van der Waals surface area contributed by atoms with Crippen molar-refractivity contribution in [2.45, 2.75) is 0 Å². The van der Waals surface area contributed by atoms with E-state index in [2.05, 4.69) is 10.3 Å². The van der Waals surface area contributed by atoms with Crippen LogP contribution < -0.4 is 5.32 Å². The first-order valence-corrected chi connectivity index (χ1v) is 4.25. The van der Waals surface area contributed by atoms with Crippen molar-refractivity contribution in [3.63, 3.8) is 0 Å². The first-order chi connectivity index (χ1) is 7.27. The molecule has 5 heteroatoms. The average molecular weight is 206 g/mol. The molecule has 1 aromatic heterocycles. The van der Waals surface area contributed by atoms with Gasteiger partial charge >= 0.3 is 0 Å². The third-order valence-electron chi connectivity index (χ3n) is 1.62. The molecule has 0 aliphatic heterocycles. The smallest absolute Gasteiger partial charge is 0.256 e. The van der Waals surface area contributed by atoms with Crippen LogP contribution in [0.15, 0.2) is 30.0 Å². The van der Waals surface area contributed by atoms with Crippen LogP contribution in [0.3, 0.4) is 0 Å². The molecule has 0 unspecified atom stereocenters. The molecule has 0 aromatic carbocycles. The largest absolute Gasteiger partial charge is 0.376 e. The molecule has 0 aliphatic rings. The van der Waals surface area contributed by atoms with Gasteiger partial charge in [-0.25, -0.2) is 0 Å². The zero-order valence-electron chi connectivity index (χ0n) is 7.88. The number of rotatable bonds is 4. The first kappa shape index (κ1) is 11.1. The number of aliphatic hydroxyl groups is 1. The van der Waals surface area contributed by atoms with Crippen LogP contribution in [-0.4, -0.2) is 29.0 Å². The molecule has 0 aliphatic carbocycles. The van der Waals surface area contributed by atoms with Gasteiger partial charge in [0.25, 0.3) is 5.91 Å². The van der Waals surface area contributed by atoms with Crippen molar-refractivity contribution in [3.05, 3.63) is 35.7 Å². The highest BCUT2D eigenvalue weighted by Crippen LogP contribution is 2.01. The van der Waals surface area contributed by atoms with Crippen molar-refractivity contribution in [1.29, 1.82) is 0 Å². The third kappa shape index (κ3) is 3.32. The maximum absolute atomic E-state index is 11.2. The number of carbonyl (C=O) groups excluding carboxylic acids is 2. The number of aliphatic hydroxyl groups excluding tert-OH is 1. The molecule has 15 heavy (non-hydrogen) atoms.